The van der Waals surface area contributed by atoms with Crippen LogP contribution in [0.25, 0.3) is 0 Å². The molecule has 3 rings (SSSR count). The van der Waals surface area contributed by atoms with Crippen LogP contribution in [0.15, 0.2) is 30.7 Å². The van der Waals surface area contributed by atoms with Crippen LogP contribution in [0.2, 0.25) is 0 Å². The molecule has 2 aliphatic rings. The topological polar surface area (TPSA) is 63.2 Å². The Morgan fingerprint density at radius 2 is 1.85 bits per heavy atom. The highest BCUT2D eigenvalue weighted by Gasteiger charge is 2.53. The summed E-state index contributed by atoms with van der Waals surface area (Å²) >= 11 is 0. The molecule has 2 saturated heterocycles. The van der Waals surface area contributed by atoms with Crippen molar-refractivity contribution in [2.24, 2.45) is 0 Å². The van der Waals surface area contributed by atoms with Gasteiger partial charge in [0.05, 0.1) is 17.8 Å². The van der Waals surface area contributed by atoms with Gasteiger partial charge in [-0.1, -0.05) is 12.1 Å². The summed E-state index contributed by atoms with van der Waals surface area (Å²) in [5.41, 5.74) is 0.0189. The largest absolute Gasteiger partial charge is 0.499 e. The summed E-state index contributed by atoms with van der Waals surface area (Å²) in [6.45, 7) is 8.58. The number of rotatable bonds is 6. The van der Waals surface area contributed by atoms with Gasteiger partial charge in [0.25, 0.3) is 0 Å². The van der Waals surface area contributed by atoms with Crippen LogP contribution >= 0.6 is 0 Å². The van der Waals surface area contributed by atoms with Gasteiger partial charge in [0.15, 0.2) is 6.29 Å². The van der Waals surface area contributed by atoms with Crippen LogP contribution in [0.3, 0.4) is 0 Å². The first-order chi connectivity index (χ1) is 12.8. The normalized spacial score (nSPS) is 24.1. The average Bonchev–Trinajstić information content (AvgIpc) is 2.86. The number of hydrogen-bond acceptors (Lipinski definition) is 6. The van der Waals surface area contributed by atoms with Crippen molar-refractivity contribution in [1.29, 1.82) is 0 Å². The molecule has 0 bridgehead atoms. The fourth-order valence-corrected chi connectivity index (χ4v) is 3.02. The number of hydrogen-bond donors (Lipinski definition) is 0. The third-order valence-corrected chi connectivity index (χ3v) is 5.33. The average molecular weight is 374 g/mol. The summed E-state index contributed by atoms with van der Waals surface area (Å²) in [6.07, 6.45) is 6.48. The Kier molecular flexibility index (Phi) is 5.94. The number of aldehydes is 1. The van der Waals surface area contributed by atoms with E-state index in [4.69, 9.17) is 23.5 Å². The minimum Gasteiger partial charge on any atom is -0.469 e. The van der Waals surface area contributed by atoms with Crippen molar-refractivity contribution in [3.05, 3.63) is 36.3 Å². The second kappa shape index (κ2) is 8.04. The van der Waals surface area contributed by atoms with Gasteiger partial charge in [0, 0.05) is 17.4 Å². The molecule has 0 N–H and O–H groups in total. The molecule has 2 aliphatic heterocycles. The fourth-order valence-electron chi connectivity index (χ4n) is 3.02. The van der Waals surface area contributed by atoms with Crippen molar-refractivity contribution in [3.63, 3.8) is 0 Å². The van der Waals surface area contributed by atoms with E-state index in [1.54, 1.807) is 18.2 Å². The Hall–Kier alpha value is -1.83. The molecule has 0 amide bonds. The predicted octanol–water partition coefficient (Wildman–Crippen LogP) is 3.19. The molecule has 0 saturated carbocycles. The van der Waals surface area contributed by atoms with Crippen LogP contribution in [-0.4, -0.2) is 37.5 Å². The molecule has 1 aromatic carbocycles. The standard InChI is InChI=1S/C20H27BO6/c1-19(2)20(3,4)27-21(26-19)18-15(14-22)8-7-9-16(18)23-12-13-25-17-10-5-6-11-24-17/h7-9,12-14,17H,5-6,10-11H2,1-4H3/b13-12+. The van der Waals surface area contributed by atoms with E-state index in [0.29, 0.717) is 23.4 Å². The molecule has 1 aromatic rings. The van der Waals surface area contributed by atoms with E-state index >= 15 is 0 Å². The molecule has 6 nitrogen and oxygen atoms in total. The van der Waals surface area contributed by atoms with Crippen molar-refractivity contribution in [2.45, 2.75) is 64.4 Å². The maximum Gasteiger partial charge on any atom is 0.499 e. The number of benzene rings is 1. The number of carbonyl (C=O) groups excluding carboxylic acids is 1. The zero-order valence-electron chi connectivity index (χ0n) is 16.4. The van der Waals surface area contributed by atoms with E-state index in [1.165, 1.54) is 12.5 Å². The lowest BCUT2D eigenvalue weighted by Crippen LogP contribution is -2.41. The minimum absolute atomic E-state index is 0.234. The first kappa shape index (κ1) is 19.9. The first-order valence-electron chi connectivity index (χ1n) is 9.36. The zero-order chi connectivity index (χ0) is 19.5. The molecule has 2 heterocycles. The molecule has 1 unspecified atom stereocenters. The van der Waals surface area contributed by atoms with Crippen molar-refractivity contribution in [3.8, 4) is 5.75 Å². The Balaban J connectivity index is 1.75. The quantitative estimate of drug-likeness (QED) is 0.433. The van der Waals surface area contributed by atoms with Crippen LogP contribution in [0.5, 0.6) is 5.75 Å². The molecule has 7 heteroatoms. The van der Waals surface area contributed by atoms with Gasteiger partial charge in [0.2, 0.25) is 0 Å². The van der Waals surface area contributed by atoms with Crippen LogP contribution in [-0.2, 0) is 18.8 Å². The minimum atomic E-state index is -0.692. The van der Waals surface area contributed by atoms with Crippen molar-refractivity contribution >= 4 is 18.9 Å². The lowest BCUT2D eigenvalue weighted by molar-refractivity contribution is -0.130. The Bertz CT molecular complexity index is 678. The number of carbonyl (C=O) groups is 1. The first-order valence-corrected chi connectivity index (χ1v) is 9.36. The highest BCUT2D eigenvalue weighted by Crippen LogP contribution is 2.37. The molecule has 1 atom stereocenters. The Labute approximate surface area is 160 Å². The van der Waals surface area contributed by atoms with Crippen molar-refractivity contribution in [1.82, 2.24) is 0 Å². The maximum atomic E-state index is 11.6. The van der Waals surface area contributed by atoms with Gasteiger partial charge in [0.1, 0.15) is 24.6 Å². The Morgan fingerprint density at radius 1 is 1.11 bits per heavy atom. The van der Waals surface area contributed by atoms with Crippen LogP contribution < -0.4 is 10.2 Å². The SMILES string of the molecule is CC1(C)OB(c2c(C=O)cccc2O/C=C/OC2CCCCO2)OC1(C)C. The molecule has 2 fully saturated rings. The van der Waals surface area contributed by atoms with Crippen LogP contribution in [0.1, 0.15) is 57.3 Å². The van der Waals surface area contributed by atoms with E-state index < -0.39 is 18.3 Å². The summed E-state index contributed by atoms with van der Waals surface area (Å²) in [5.74, 6) is 0.488. The van der Waals surface area contributed by atoms with Gasteiger partial charge >= 0.3 is 7.12 Å². The van der Waals surface area contributed by atoms with E-state index in [2.05, 4.69) is 0 Å². The van der Waals surface area contributed by atoms with E-state index in [1.807, 2.05) is 27.7 Å². The predicted molar refractivity (Wildman–Crippen MR) is 102 cm³/mol. The number of ether oxygens (including phenoxy) is 3. The third kappa shape index (κ3) is 4.37. The molecule has 0 spiro atoms. The molecule has 0 radical (unpaired) electrons. The summed E-state index contributed by atoms with van der Waals surface area (Å²) in [6, 6.07) is 5.25. The van der Waals surface area contributed by atoms with E-state index in [-0.39, 0.29) is 6.29 Å². The lowest BCUT2D eigenvalue weighted by Gasteiger charge is -2.32. The maximum absolute atomic E-state index is 11.6. The van der Waals surface area contributed by atoms with Gasteiger partial charge in [-0.3, -0.25) is 4.79 Å². The molecular weight excluding hydrogens is 347 g/mol. The van der Waals surface area contributed by atoms with Gasteiger partial charge in [-0.15, -0.1) is 0 Å². The highest BCUT2D eigenvalue weighted by atomic mass is 16.7. The second-order valence-corrected chi connectivity index (χ2v) is 7.79. The van der Waals surface area contributed by atoms with Crippen LogP contribution in [0, 0.1) is 0 Å². The fraction of sp³-hybridized carbons (Fsp3) is 0.550. The molecular formula is C20H27BO6. The van der Waals surface area contributed by atoms with Crippen LogP contribution in [0.4, 0.5) is 0 Å². The van der Waals surface area contributed by atoms with Gasteiger partial charge < -0.3 is 23.5 Å². The van der Waals surface area contributed by atoms with Crippen molar-refractivity contribution in [2.75, 3.05) is 6.61 Å². The monoisotopic (exact) mass is 374 g/mol. The smallest absolute Gasteiger partial charge is 0.469 e. The summed E-state index contributed by atoms with van der Waals surface area (Å²) in [4.78, 5) is 11.6. The lowest BCUT2D eigenvalue weighted by atomic mass is 9.75. The van der Waals surface area contributed by atoms with E-state index in [0.717, 1.165) is 25.5 Å². The van der Waals surface area contributed by atoms with Gasteiger partial charge in [-0.25, -0.2) is 0 Å². The molecule has 27 heavy (non-hydrogen) atoms. The molecule has 0 aromatic heterocycles. The van der Waals surface area contributed by atoms with E-state index in [9.17, 15) is 4.79 Å². The summed E-state index contributed by atoms with van der Waals surface area (Å²) in [7, 11) is -0.692. The second-order valence-electron chi connectivity index (χ2n) is 7.79. The highest BCUT2D eigenvalue weighted by molar-refractivity contribution is 6.64. The van der Waals surface area contributed by atoms with Crippen molar-refractivity contribution < 1.29 is 28.3 Å². The van der Waals surface area contributed by atoms with Gasteiger partial charge in [-0.2, -0.15) is 0 Å². The summed E-state index contributed by atoms with van der Waals surface area (Å²) in [5, 5.41) is 0. The third-order valence-electron chi connectivity index (χ3n) is 5.33. The Morgan fingerprint density at radius 3 is 2.48 bits per heavy atom. The molecule has 0 aliphatic carbocycles. The summed E-state index contributed by atoms with van der Waals surface area (Å²) < 4.78 is 29.0. The molecule has 146 valence electrons. The van der Waals surface area contributed by atoms with Gasteiger partial charge in [-0.05, 0) is 46.6 Å². The zero-order valence-corrected chi connectivity index (χ0v) is 16.4.